The van der Waals surface area contributed by atoms with Crippen LogP contribution in [0.4, 0.5) is 0 Å². The van der Waals surface area contributed by atoms with Crippen molar-refractivity contribution in [3.05, 3.63) is 20.9 Å². The highest BCUT2D eigenvalue weighted by atomic mass is 32.1. The zero-order chi connectivity index (χ0) is 10.3. The number of rotatable bonds is 1. The molecule has 2 aromatic rings. The molecule has 0 radical (unpaired) electrons. The molecular weight excluding hydrogens is 212 g/mol. The largest absolute Gasteiger partial charge is 0.334 e. The molecule has 14 heavy (non-hydrogen) atoms. The maximum Gasteiger partial charge on any atom is 0.128 e. The summed E-state index contributed by atoms with van der Waals surface area (Å²) in [5, 5.41) is 1.15. The van der Waals surface area contributed by atoms with Crippen molar-refractivity contribution in [3.8, 4) is 0 Å². The lowest BCUT2D eigenvalue weighted by atomic mass is 10.1. The molecule has 0 bridgehead atoms. The van der Waals surface area contributed by atoms with Crippen LogP contribution in [0, 0.1) is 18.5 Å². The Morgan fingerprint density at radius 1 is 1.43 bits per heavy atom. The van der Waals surface area contributed by atoms with Gasteiger partial charge in [0.15, 0.2) is 0 Å². The van der Waals surface area contributed by atoms with Crippen LogP contribution < -0.4 is 0 Å². The molecule has 2 heterocycles. The smallest absolute Gasteiger partial charge is 0.128 e. The number of nitrogens with one attached hydrogen (secondary N) is 1. The minimum Gasteiger partial charge on any atom is -0.334 e. The molecule has 0 amide bonds. The molecule has 0 fully saturated rings. The van der Waals surface area contributed by atoms with Gasteiger partial charge in [0.1, 0.15) is 15.3 Å². The first-order chi connectivity index (χ1) is 6.63. The average Bonchev–Trinajstić information content (AvgIpc) is 2.40. The van der Waals surface area contributed by atoms with Crippen LogP contribution >= 0.6 is 23.6 Å². The van der Waals surface area contributed by atoms with E-state index in [1.165, 1.54) is 10.4 Å². The van der Waals surface area contributed by atoms with Gasteiger partial charge in [-0.1, -0.05) is 19.1 Å². The summed E-state index contributed by atoms with van der Waals surface area (Å²) in [6.45, 7) is 6.23. The van der Waals surface area contributed by atoms with Crippen molar-refractivity contribution in [2.45, 2.75) is 27.2 Å². The fourth-order valence-corrected chi connectivity index (χ4v) is 3.31. The Bertz CT molecular complexity index is 537. The summed E-state index contributed by atoms with van der Waals surface area (Å²) in [6, 6.07) is 0. The lowest BCUT2D eigenvalue weighted by Gasteiger charge is -1.97. The second-order valence-corrected chi connectivity index (χ2v) is 4.93. The number of hydrogen-bond acceptors (Lipinski definition) is 3. The van der Waals surface area contributed by atoms with E-state index in [1.807, 2.05) is 6.92 Å². The molecule has 74 valence electrons. The lowest BCUT2D eigenvalue weighted by molar-refractivity contribution is 1.08. The zero-order valence-corrected chi connectivity index (χ0v) is 10.1. The molecule has 0 aromatic carbocycles. The molecule has 2 nitrogen and oxygen atoms in total. The average molecular weight is 224 g/mol. The normalized spacial score (nSPS) is 11.1. The van der Waals surface area contributed by atoms with Crippen molar-refractivity contribution in [1.29, 1.82) is 0 Å². The van der Waals surface area contributed by atoms with Gasteiger partial charge in [0.05, 0.1) is 0 Å². The monoisotopic (exact) mass is 224 g/mol. The Morgan fingerprint density at radius 2 is 2.14 bits per heavy atom. The summed E-state index contributed by atoms with van der Waals surface area (Å²) in [4.78, 5) is 9.98. The van der Waals surface area contributed by atoms with Gasteiger partial charge in [-0.05, 0) is 25.8 Å². The number of thiophene rings is 1. The number of aromatic nitrogens is 2. The third-order valence-electron chi connectivity index (χ3n) is 2.33. The van der Waals surface area contributed by atoms with Crippen molar-refractivity contribution >= 4 is 33.8 Å². The van der Waals surface area contributed by atoms with Crippen molar-refractivity contribution in [2.75, 3.05) is 0 Å². The molecule has 4 heteroatoms. The van der Waals surface area contributed by atoms with Gasteiger partial charge in [-0.2, -0.15) is 0 Å². The number of H-pyrrole nitrogens is 1. The van der Waals surface area contributed by atoms with E-state index < -0.39 is 0 Å². The number of hydrogen-bond donors (Lipinski definition) is 1. The fraction of sp³-hybridized carbons (Fsp3) is 0.400. The van der Waals surface area contributed by atoms with Crippen LogP contribution in [0.3, 0.4) is 0 Å². The molecule has 0 aliphatic rings. The number of aryl methyl sites for hydroxylation is 3. The predicted octanol–water partition coefficient (Wildman–Crippen LogP) is 3.53. The quantitative estimate of drug-likeness (QED) is 0.751. The van der Waals surface area contributed by atoms with Gasteiger partial charge in [-0.25, -0.2) is 4.98 Å². The van der Waals surface area contributed by atoms with Gasteiger partial charge >= 0.3 is 0 Å². The molecule has 1 N–H and O–H groups in total. The third kappa shape index (κ3) is 1.38. The summed E-state index contributed by atoms with van der Waals surface area (Å²) in [5.41, 5.74) is 1.35. The van der Waals surface area contributed by atoms with E-state index in [9.17, 15) is 0 Å². The van der Waals surface area contributed by atoms with Crippen molar-refractivity contribution < 1.29 is 0 Å². The third-order valence-corrected chi connectivity index (χ3v) is 3.68. The Morgan fingerprint density at radius 3 is 2.79 bits per heavy atom. The highest BCUT2D eigenvalue weighted by molar-refractivity contribution is 7.71. The summed E-state index contributed by atoms with van der Waals surface area (Å²) >= 11 is 7.05. The molecule has 0 aliphatic heterocycles. The Labute approximate surface area is 92.0 Å². The SMILES string of the molecule is CCc1c(C)sc2nc(C)[nH]c(=S)c12. The Balaban J connectivity index is 2.95. The number of nitrogens with zero attached hydrogens (tertiary/aromatic N) is 1. The molecule has 2 rings (SSSR count). The van der Waals surface area contributed by atoms with Crippen LogP contribution in [-0.2, 0) is 6.42 Å². The zero-order valence-electron chi connectivity index (χ0n) is 8.47. The van der Waals surface area contributed by atoms with E-state index in [2.05, 4.69) is 23.8 Å². The van der Waals surface area contributed by atoms with Gasteiger partial charge in [-0.15, -0.1) is 11.3 Å². The molecule has 0 saturated carbocycles. The fourth-order valence-electron chi connectivity index (χ4n) is 1.71. The van der Waals surface area contributed by atoms with Crippen LogP contribution in [0.1, 0.15) is 23.2 Å². The molecular formula is C10H12N2S2. The molecule has 0 saturated heterocycles. The second kappa shape index (κ2) is 3.44. The van der Waals surface area contributed by atoms with Gasteiger partial charge < -0.3 is 4.98 Å². The van der Waals surface area contributed by atoms with Crippen molar-refractivity contribution in [1.82, 2.24) is 9.97 Å². The maximum atomic E-state index is 5.32. The van der Waals surface area contributed by atoms with Crippen LogP contribution in [-0.4, -0.2) is 9.97 Å². The highest BCUT2D eigenvalue weighted by Gasteiger charge is 2.10. The Hall–Kier alpha value is -0.740. The van der Waals surface area contributed by atoms with Crippen molar-refractivity contribution in [3.63, 3.8) is 0 Å². The van der Waals surface area contributed by atoms with E-state index >= 15 is 0 Å². The first-order valence-corrected chi connectivity index (χ1v) is 5.84. The lowest BCUT2D eigenvalue weighted by Crippen LogP contribution is -1.89. The van der Waals surface area contributed by atoms with Gasteiger partial charge in [-0.3, -0.25) is 0 Å². The van der Waals surface area contributed by atoms with E-state index in [4.69, 9.17) is 12.2 Å². The summed E-state index contributed by atoms with van der Waals surface area (Å²) in [5.74, 6) is 0.895. The topological polar surface area (TPSA) is 28.7 Å². The minimum atomic E-state index is 0.828. The highest BCUT2D eigenvalue weighted by Crippen LogP contribution is 2.29. The van der Waals surface area contributed by atoms with E-state index in [1.54, 1.807) is 11.3 Å². The molecule has 0 unspecified atom stereocenters. The Kier molecular flexibility index (Phi) is 2.41. The summed E-state index contributed by atoms with van der Waals surface area (Å²) in [7, 11) is 0. The van der Waals surface area contributed by atoms with Gasteiger partial charge in [0.25, 0.3) is 0 Å². The van der Waals surface area contributed by atoms with Gasteiger partial charge in [0, 0.05) is 10.3 Å². The standard InChI is InChI=1S/C10H12N2S2/c1-4-7-5(2)14-10-8(7)9(13)11-6(3)12-10/h4H2,1-3H3,(H,11,12,13). The number of fused-ring (bicyclic) bond motifs is 1. The minimum absolute atomic E-state index is 0.828. The van der Waals surface area contributed by atoms with Crippen LogP contribution in [0.2, 0.25) is 0 Å². The molecule has 0 atom stereocenters. The second-order valence-electron chi connectivity index (χ2n) is 3.32. The molecule has 0 spiro atoms. The maximum absolute atomic E-state index is 5.32. The summed E-state index contributed by atoms with van der Waals surface area (Å²) < 4.78 is 0.828. The van der Waals surface area contributed by atoms with Crippen LogP contribution in [0.15, 0.2) is 0 Å². The molecule has 2 aromatic heterocycles. The van der Waals surface area contributed by atoms with E-state index in [0.29, 0.717) is 0 Å². The van der Waals surface area contributed by atoms with E-state index in [-0.39, 0.29) is 0 Å². The summed E-state index contributed by atoms with van der Waals surface area (Å²) in [6.07, 6.45) is 1.02. The van der Waals surface area contributed by atoms with Crippen molar-refractivity contribution in [2.24, 2.45) is 0 Å². The van der Waals surface area contributed by atoms with Gasteiger partial charge in [0.2, 0.25) is 0 Å². The first-order valence-electron chi connectivity index (χ1n) is 4.62. The number of aromatic amines is 1. The molecule has 0 aliphatic carbocycles. The predicted molar refractivity (Wildman–Crippen MR) is 63.7 cm³/mol. The first kappa shape index (κ1) is 9.80. The van der Waals surface area contributed by atoms with Crippen LogP contribution in [0.5, 0.6) is 0 Å². The van der Waals surface area contributed by atoms with E-state index in [0.717, 1.165) is 27.1 Å². The van der Waals surface area contributed by atoms with Crippen LogP contribution in [0.25, 0.3) is 10.2 Å².